The number of methoxy groups -OCH3 is 1. The van der Waals surface area contributed by atoms with Crippen LogP contribution in [0, 0.1) is 5.92 Å². The van der Waals surface area contributed by atoms with Gasteiger partial charge in [0.1, 0.15) is 5.71 Å². The summed E-state index contributed by atoms with van der Waals surface area (Å²) in [5.74, 6) is -1.29. The molecule has 4 aromatic rings. The summed E-state index contributed by atoms with van der Waals surface area (Å²) in [4.78, 5) is 47.7. The first kappa shape index (κ1) is 38.8. The molecule has 0 saturated heterocycles. The molecule has 0 aliphatic heterocycles. The van der Waals surface area contributed by atoms with Gasteiger partial charge in [-0.05, 0) is 97.5 Å². The fourth-order valence-corrected chi connectivity index (χ4v) is 6.65. The summed E-state index contributed by atoms with van der Waals surface area (Å²) >= 11 is 0. The number of aliphatic hydroxyl groups is 1. The molecule has 53 heavy (non-hydrogen) atoms. The molecule has 1 N–H and O–H groups in total. The second kappa shape index (κ2) is 18.9. The van der Waals surface area contributed by atoms with Gasteiger partial charge in [-0.1, -0.05) is 80.4 Å². The second-order valence-electron chi connectivity index (χ2n) is 13.1. The number of oxime groups is 1. The number of ketones is 2. The molecule has 0 radical (unpaired) electrons. The number of hydrogen-bond donors (Lipinski definition) is 1. The Kier molecular flexibility index (Phi) is 13.9. The Morgan fingerprint density at radius 1 is 0.849 bits per heavy atom. The molecule has 276 valence electrons. The molecule has 5 rings (SSSR count). The molecule has 0 spiro atoms. The predicted molar refractivity (Wildman–Crippen MR) is 207 cm³/mol. The molecular formula is C44H48N2O7. The monoisotopic (exact) mass is 716 g/mol. The number of ether oxygens (including phenoxy) is 2. The van der Waals surface area contributed by atoms with E-state index in [1.807, 2.05) is 47.4 Å². The normalized spacial score (nSPS) is 14.5. The van der Waals surface area contributed by atoms with Crippen molar-refractivity contribution in [2.75, 3.05) is 25.2 Å². The van der Waals surface area contributed by atoms with Gasteiger partial charge in [-0.15, -0.1) is 0 Å². The number of Topliss-reactive ketones (excluding diaryl/α,β-unsaturated/α-hetero) is 2. The van der Waals surface area contributed by atoms with E-state index in [0.29, 0.717) is 29.7 Å². The molecule has 1 unspecified atom stereocenters. The third-order valence-corrected chi connectivity index (χ3v) is 9.80. The van der Waals surface area contributed by atoms with Crippen LogP contribution in [0.5, 0.6) is 0 Å². The third kappa shape index (κ3) is 9.35. The molecule has 0 heterocycles. The minimum Gasteiger partial charge on any atom is -0.502 e. The maximum Gasteiger partial charge on any atom is 0.338 e. The summed E-state index contributed by atoms with van der Waals surface area (Å²) in [7, 11) is 1.42. The molecular weight excluding hydrogens is 668 g/mol. The van der Waals surface area contributed by atoms with Crippen LogP contribution in [-0.2, 0) is 31.1 Å². The van der Waals surface area contributed by atoms with E-state index in [1.54, 1.807) is 48.5 Å². The van der Waals surface area contributed by atoms with E-state index in [2.05, 4.69) is 30.8 Å². The quantitative estimate of drug-likeness (QED) is 0.0271. The van der Waals surface area contributed by atoms with E-state index in [1.165, 1.54) is 18.9 Å². The summed E-state index contributed by atoms with van der Waals surface area (Å²) in [6, 6.07) is 31.5. The summed E-state index contributed by atoms with van der Waals surface area (Å²) in [5, 5.41) is 14.5. The van der Waals surface area contributed by atoms with Gasteiger partial charge in [0.15, 0.2) is 5.60 Å². The van der Waals surface area contributed by atoms with Crippen molar-refractivity contribution < 1.29 is 33.8 Å². The van der Waals surface area contributed by atoms with Crippen LogP contribution in [0.1, 0.15) is 83.7 Å². The maximum atomic E-state index is 13.9. The number of benzene rings is 4. The molecule has 9 nitrogen and oxygen atoms in total. The Hall–Kier alpha value is -5.38. The minimum absolute atomic E-state index is 0.146. The van der Waals surface area contributed by atoms with Crippen molar-refractivity contribution in [3.8, 4) is 0 Å². The van der Waals surface area contributed by atoms with Crippen LogP contribution in [0.25, 0.3) is 0 Å². The van der Waals surface area contributed by atoms with Gasteiger partial charge in [0.05, 0.1) is 25.4 Å². The zero-order valence-corrected chi connectivity index (χ0v) is 30.5. The van der Waals surface area contributed by atoms with E-state index in [4.69, 9.17) is 14.3 Å². The van der Waals surface area contributed by atoms with Crippen LogP contribution in [0.3, 0.4) is 0 Å². The Bertz CT molecular complexity index is 1840. The van der Waals surface area contributed by atoms with Gasteiger partial charge in [-0.2, -0.15) is 0 Å². The Morgan fingerprint density at radius 2 is 1.43 bits per heavy atom. The number of hydrogen-bond acceptors (Lipinski definition) is 9. The topological polar surface area (TPSA) is 115 Å². The molecule has 1 saturated carbocycles. The second-order valence-corrected chi connectivity index (χ2v) is 13.1. The van der Waals surface area contributed by atoms with Gasteiger partial charge in [0, 0.05) is 41.7 Å². The highest BCUT2D eigenvalue weighted by molar-refractivity contribution is 6.45. The van der Waals surface area contributed by atoms with Crippen molar-refractivity contribution in [1.82, 2.24) is 0 Å². The van der Waals surface area contributed by atoms with Gasteiger partial charge < -0.3 is 24.3 Å². The van der Waals surface area contributed by atoms with Crippen LogP contribution in [0.15, 0.2) is 121 Å². The maximum absolute atomic E-state index is 13.9. The van der Waals surface area contributed by atoms with E-state index < -0.39 is 18.2 Å². The van der Waals surface area contributed by atoms with Crippen molar-refractivity contribution >= 4 is 40.3 Å². The summed E-state index contributed by atoms with van der Waals surface area (Å²) in [5.41, 5.74) is 3.55. The lowest BCUT2D eigenvalue weighted by Crippen LogP contribution is -2.41. The highest BCUT2D eigenvalue weighted by Gasteiger charge is 2.40. The summed E-state index contributed by atoms with van der Waals surface area (Å²) < 4.78 is 10.9. The first-order valence-electron chi connectivity index (χ1n) is 18.3. The van der Waals surface area contributed by atoms with Gasteiger partial charge in [0.25, 0.3) is 0 Å². The number of carbonyl (C=O) groups excluding carboxylic acids is 3. The molecule has 1 fully saturated rings. The minimum atomic E-state index is -1.55. The van der Waals surface area contributed by atoms with E-state index in [0.717, 1.165) is 55.6 Å². The van der Waals surface area contributed by atoms with Gasteiger partial charge in [-0.3, -0.25) is 9.59 Å². The Labute approximate surface area is 311 Å². The smallest absolute Gasteiger partial charge is 0.338 e. The standard InChI is InChI=1S/C44H48N2O7/c1-4-32-18-24-37(25-19-32)46(39-28-22-34(23-29-39)42(49)44(31-47,51-3)36-15-10-7-11-16-36)38-26-20-33(21-27-38)41(48)40(17-12-30-52-5-2)45-53-43(50)35-13-8-6-9-14-35/h5,7,10-11,15-16,18-29,35,47H,2,4,6,8-9,12-14,17,30-31H2,1,3H3/b45-40+. The SMILES string of the molecule is C=COCCC/C(=N\OC(=O)C1CCCCC1)C(=O)c1ccc(N(c2ccc(CC)cc2)c2ccc(C(=O)C(CO)(OC)c3ccccc3)cc2)cc1. The van der Waals surface area contributed by atoms with E-state index >= 15 is 0 Å². The number of aliphatic hydroxyl groups excluding tert-OH is 1. The lowest BCUT2D eigenvalue weighted by Gasteiger charge is -2.30. The Morgan fingerprint density at radius 3 is 1.98 bits per heavy atom. The highest BCUT2D eigenvalue weighted by Crippen LogP contribution is 2.36. The van der Waals surface area contributed by atoms with Gasteiger partial charge in [0.2, 0.25) is 11.6 Å². The van der Waals surface area contributed by atoms with E-state index in [-0.39, 0.29) is 29.6 Å². The van der Waals surface area contributed by atoms with Crippen LogP contribution >= 0.6 is 0 Å². The number of rotatable bonds is 18. The molecule has 1 aliphatic rings. The molecule has 0 aromatic heterocycles. The molecule has 0 amide bonds. The fourth-order valence-electron chi connectivity index (χ4n) is 6.65. The first-order valence-corrected chi connectivity index (χ1v) is 18.3. The lowest BCUT2D eigenvalue weighted by molar-refractivity contribution is -0.149. The molecule has 0 bridgehead atoms. The third-order valence-electron chi connectivity index (χ3n) is 9.80. The average Bonchev–Trinajstić information content (AvgIpc) is 3.22. The Balaban J connectivity index is 1.43. The molecule has 1 aliphatic carbocycles. The van der Waals surface area contributed by atoms with Crippen LogP contribution < -0.4 is 4.90 Å². The van der Waals surface area contributed by atoms with Crippen molar-refractivity contribution in [2.24, 2.45) is 11.1 Å². The van der Waals surface area contributed by atoms with E-state index in [9.17, 15) is 19.5 Å². The van der Waals surface area contributed by atoms with Gasteiger partial charge >= 0.3 is 5.97 Å². The number of aryl methyl sites for hydroxylation is 1. The van der Waals surface area contributed by atoms with Crippen molar-refractivity contribution in [3.05, 3.63) is 138 Å². The zero-order chi connectivity index (χ0) is 37.6. The van der Waals surface area contributed by atoms with Crippen LogP contribution in [-0.4, -0.2) is 48.7 Å². The fraction of sp³-hybridized carbons (Fsp3) is 0.318. The van der Waals surface area contributed by atoms with Gasteiger partial charge in [-0.25, -0.2) is 4.79 Å². The van der Waals surface area contributed by atoms with Crippen molar-refractivity contribution in [1.29, 1.82) is 0 Å². The number of nitrogens with zero attached hydrogens (tertiary/aromatic N) is 2. The highest BCUT2D eigenvalue weighted by atomic mass is 16.7. The number of carbonyl (C=O) groups is 3. The average molecular weight is 717 g/mol. The molecule has 9 heteroatoms. The van der Waals surface area contributed by atoms with Crippen molar-refractivity contribution in [2.45, 2.75) is 63.9 Å². The van der Waals surface area contributed by atoms with Crippen LogP contribution in [0.2, 0.25) is 0 Å². The summed E-state index contributed by atoms with van der Waals surface area (Å²) in [6.07, 6.45) is 7.60. The largest absolute Gasteiger partial charge is 0.502 e. The lowest BCUT2D eigenvalue weighted by atomic mass is 9.86. The number of anilines is 3. The first-order chi connectivity index (χ1) is 25.8. The molecule has 4 aromatic carbocycles. The predicted octanol–water partition coefficient (Wildman–Crippen LogP) is 9.04. The van der Waals surface area contributed by atoms with Crippen molar-refractivity contribution in [3.63, 3.8) is 0 Å². The molecule has 1 atom stereocenters. The summed E-state index contributed by atoms with van der Waals surface area (Å²) in [6.45, 7) is 5.49. The zero-order valence-electron chi connectivity index (χ0n) is 30.5. The van der Waals surface area contributed by atoms with Crippen LogP contribution in [0.4, 0.5) is 17.1 Å².